The van der Waals surface area contributed by atoms with Gasteiger partial charge in [-0.3, -0.25) is 0 Å². The number of nitrogens with one attached hydrogen (secondary N) is 1. The Morgan fingerprint density at radius 3 is 2.03 bits per heavy atom. The lowest BCUT2D eigenvalue weighted by atomic mass is 9.90. The summed E-state index contributed by atoms with van der Waals surface area (Å²) in [6.07, 6.45) is 9.10. The minimum atomic E-state index is -1.10. The maximum absolute atomic E-state index is 12.2. The highest BCUT2D eigenvalue weighted by Gasteiger charge is 2.32. The molecular weight excluding hydrogens is 366 g/mol. The molecule has 0 aromatic heterocycles. The summed E-state index contributed by atoms with van der Waals surface area (Å²) < 4.78 is 5.29. The van der Waals surface area contributed by atoms with Crippen LogP contribution in [0.5, 0.6) is 0 Å². The van der Waals surface area contributed by atoms with E-state index in [4.69, 9.17) is 4.74 Å². The maximum atomic E-state index is 12.2. The van der Waals surface area contributed by atoms with Crippen LogP contribution in [0.4, 0.5) is 4.79 Å². The first kappa shape index (κ1) is 25.4. The summed E-state index contributed by atoms with van der Waals surface area (Å²) in [6, 6.07) is 8.32. The lowest BCUT2D eigenvalue weighted by Gasteiger charge is -2.32. The third kappa shape index (κ3) is 10.1. The molecule has 0 bridgehead atoms. The fraction of sp³-hybridized carbons (Fsp3) is 0.708. The molecule has 0 aliphatic rings. The Balaban J connectivity index is 2.67. The summed E-state index contributed by atoms with van der Waals surface area (Å²) in [5, 5.41) is 22.5. The van der Waals surface area contributed by atoms with Crippen LogP contribution >= 0.6 is 0 Å². The molecule has 0 atom stereocenters. The Morgan fingerprint density at radius 1 is 0.931 bits per heavy atom. The number of carbonyl (C=O) groups excluding carboxylic acids is 1. The third-order valence-corrected chi connectivity index (χ3v) is 5.16. The molecule has 0 aliphatic heterocycles. The van der Waals surface area contributed by atoms with Crippen LogP contribution in [0.3, 0.4) is 0 Å². The number of benzene rings is 1. The largest absolute Gasteiger partial charge is 0.444 e. The minimum Gasteiger partial charge on any atom is -0.444 e. The standard InChI is InChI=1S/C24H41NO4/c1-5-6-7-8-9-10-13-20-14-11-12-15-21(20)16-17-24(18-26,19-27)25-22(28)29-23(2,3)4/h11-12,14-15,26-27H,5-10,13,16-19H2,1-4H3,(H,25,28). The van der Waals surface area contributed by atoms with Crippen LogP contribution in [0.1, 0.15) is 83.8 Å². The SMILES string of the molecule is CCCCCCCCc1ccccc1CCC(CO)(CO)NC(=O)OC(C)(C)C. The molecule has 29 heavy (non-hydrogen) atoms. The molecule has 166 valence electrons. The number of ether oxygens (including phenoxy) is 1. The van der Waals surface area contributed by atoms with Crippen LogP contribution in [-0.2, 0) is 17.6 Å². The molecule has 0 aliphatic carbocycles. The fourth-order valence-electron chi connectivity index (χ4n) is 3.38. The van der Waals surface area contributed by atoms with E-state index in [2.05, 4.69) is 30.4 Å². The average Bonchev–Trinajstić information content (AvgIpc) is 2.67. The normalized spacial score (nSPS) is 12.1. The van der Waals surface area contributed by atoms with Crippen molar-refractivity contribution in [3.63, 3.8) is 0 Å². The van der Waals surface area contributed by atoms with Crippen LogP contribution in [0.15, 0.2) is 24.3 Å². The minimum absolute atomic E-state index is 0.345. The summed E-state index contributed by atoms with van der Waals surface area (Å²) in [6.45, 7) is 6.89. The number of aliphatic hydroxyl groups is 2. The van der Waals surface area contributed by atoms with Crippen molar-refractivity contribution in [1.82, 2.24) is 5.32 Å². The molecule has 0 spiro atoms. The van der Waals surface area contributed by atoms with Gasteiger partial charge in [0.1, 0.15) is 5.60 Å². The number of unbranched alkanes of at least 4 members (excludes halogenated alkanes) is 5. The van der Waals surface area contributed by atoms with Crippen molar-refractivity contribution in [2.75, 3.05) is 13.2 Å². The van der Waals surface area contributed by atoms with Crippen molar-refractivity contribution < 1.29 is 19.7 Å². The number of rotatable bonds is 13. The Kier molecular flexibility index (Phi) is 11.3. The number of alkyl carbamates (subject to hydrolysis) is 1. The molecule has 0 heterocycles. The van der Waals surface area contributed by atoms with Crippen LogP contribution in [0.25, 0.3) is 0 Å². The first-order valence-corrected chi connectivity index (χ1v) is 11.0. The van der Waals surface area contributed by atoms with Gasteiger partial charge >= 0.3 is 6.09 Å². The van der Waals surface area contributed by atoms with Crippen molar-refractivity contribution in [2.45, 2.75) is 96.6 Å². The van der Waals surface area contributed by atoms with E-state index in [0.29, 0.717) is 12.8 Å². The number of aliphatic hydroxyl groups excluding tert-OH is 2. The molecule has 1 aromatic rings. The predicted octanol–water partition coefficient (Wildman–Crippen LogP) is 4.77. The van der Waals surface area contributed by atoms with Crippen LogP contribution in [-0.4, -0.2) is 40.7 Å². The third-order valence-electron chi connectivity index (χ3n) is 5.16. The summed E-state index contributed by atoms with van der Waals surface area (Å²) in [5.41, 5.74) is 0.781. The predicted molar refractivity (Wildman–Crippen MR) is 118 cm³/mol. The highest BCUT2D eigenvalue weighted by Crippen LogP contribution is 2.20. The molecule has 1 aromatic carbocycles. The van der Waals surface area contributed by atoms with Gasteiger partial charge in [-0.15, -0.1) is 0 Å². The molecule has 0 unspecified atom stereocenters. The van der Waals surface area contributed by atoms with E-state index in [1.807, 2.05) is 6.07 Å². The van der Waals surface area contributed by atoms with Gasteiger partial charge in [0.2, 0.25) is 0 Å². The van der Waals surface area contributed by atoms with Crippen LogP contribution in [0.2, 0.25) is 0 Å². The number of aryl methyl sites for hydroxylation is 2. The molecule has 1 amide bonds. The lowest BCUT2D eigenvalue weighted by Crippen LogP contribution is -2.55. The molecule has 0 saturated carbocycles. The van der Waals surface area contributed by atoms with Crippen molar-refractivity contribution in [1.29, 1.82) is 0 Å². The van der Waals surface area contributed by atoms with Gasteiger partial charge in [-0.2, -0.15) is 0 Å². The van der Waals surface area contributed by atoms with Crippen molar-refractivity contribution in [3.8, 4) is 0 Å². The topological polar surface area (TPSA) is 78.8 Å². The summed E-state index contributed by atoms with van der Waals surface area (Å²) in [7, 11) is 0. The molecule has 5 heteroatoms. The van der Waals surface area contributed by atoms with Crippen molar-refractivity contribution >= 4 is 6.09 Å². The van der Waals surface area contributed by atoms with E-state index in [1.54, 1.807) is 20.8 Å². The highest BCUT2D eigenvalue weighted by molar-refractivity contribution is 5.68. The number of amides is 1. The van der Waals surface area contributed by atoms with E-state index >= 15 is 0 Å². The van der Waals surface area contributed by atoms with E-state index < -0.39 is 17.2 Å². The van der Waals surface area contributed by atoms with Crippen molar-refractivity contribution in [2.24, 2.45) is 0 Å². The zero-order valence-electron chi connectivity index (χ0n) is 18.8. The molecule has 5 nitrogen and oxygen atoms in total. The molecule has 1 rings (SSSR count). The summed E-state index contributed by atoms with van der Waals surface area (Å²) in [4.78, 5) is 12.2. The first-order valence-electron chi connectivity index (χ1n) is 11.0. The van der Waals surface area contributed by atoms with Gasteiger partial charge in [-0.25, -0.2) is 4.79 Å². The van der Waals surface area contributed by atoms with Crippen LogP contribution < -0.4 is 5.32 Å². The van der Waals surface area contributed by atoms with Gasteiger partial charge < -0.3 is 20.3 Å². The Hall–Kier alpha value is -1.59. The molecule has 0 fully saturated rings. The van der Waals surface area contributed by atoms with E-state index in [1.165, 1.54) is 49.7 Å². The number of hydrogen-bond acceptors (Lipinski definition) is 4. The lowest BCUT2D eigenvalue weighted by molar-refractivity contribution is 0.0276. The quantitative estimate of drug-likeness (QED) is 0.412. The Morgan fingerprint density at radius 2 is 1.48 bits per heavy atom. The van der Waals surface area contributed by atoms with E-state index in [0.717, 1.165) is 6.42 Å². The average molecular weight is 408 g/mol. The molecule has 0 saturated heterocycles. The summed E-state index contributed by atoms with van der Waals surface area (Å²) >= 11 is 0. The van der Waals surface area contributed by atoms with Crippen LogP contribution in [0, 0.1) is 0 Å². The van der Waals surface area contributed by atoms with Crippen molar-refractivity contribution in [3.05, 3.63) is 35.4 Å². The first-order chi connectivity index (χ1) is 13.7. The number of hydrogen-bond donors (Lipinski definition) is 3. The van der Waals surface area contributed by atoms with E-state index in [9.17, 15) is 15.0 Å². The second kappa shape index (κ2) is 12.9. The highest BCUT2D eigenvalue weighted by atomic mass is 16.6. The van der Waals surface area contributed by atoms with Gasteiger partial charge in [0, 0.05) is 0 Å². The second-order valence-corrected chi connectivity index (χ2v) is 9.01. The summed E-state index contributed by atoms with van der Waals surface area (Å²) in [5.74, 6) is 0. The monoisotopic (exact) mass is 407 g/mol. The number of carbonyl (C=O) groups is 1. The fourth-order valence-corrected chi connectivity index (χ4v) is 3.38. The van der Waals surface area contributed by atoms with Gasteiger partial charge in [0.15, 0.2) is 0 Å². The van der Waals surface area contributed by atoms with Gasteiger partial charge in [0.25, 0.3) is 0 Å². The maximum Gasteiger partial charge on any atom is 0.408 e. The molecule has 0 radical (unpaired) electrons. The van der Waals surface area contributed by atoms with Gasteiger partial charge in [0.05, 0.1) is 18.8 Å². The Bertz CT molecular complexity index is 591. The zero-order chi connectivity index (χ0) is 21.8. The Labute approximate surface area is 176 Å². The second-order valence-electron chi connectivity index (χ2n) is 9.01. The van der Waals surface area contributed by atoms with Gasteiger partial charge in [-0.1, -0.05) is 63.3 Å². The smallest absolute Gasteiger partial charge is 0.408 e. The zero-order valence-corrected chi connectivity index (χ0v) is 18.8. The van der Waals surface area contributed by atoms with Gasteiger partial charge in [-0.05, 0) is 57.6 Å². The van der Waals surface area contributed by atoms with E-state index in [-0.39, 0.29) is 13.2 Å². The molecule has 3 N–H and O–H groups in total. The molecular formula is C24H41NO4.